The van der Waals surface area contributed by atoms with Gasteiger partial charge in [0.15, 0.2) is 5.96 Å². The van der Waals surface area contributed by atoms with Gasteiger partial charge >= 0.3 is 6.09 Å². The highest BCUT2D eigenvalue weighted by molar-refractivity contribution is 5.85. The van der Waals surface area contributed by atoms with Crippen LogP contribution in [-0.4, -0.2) is 104 Å². The number of piperidine rings is 1. The molecule has 31 heavy (non-hydrogen) atoms. The van der Waals surface area contributed by atoms with Crippen molar-refractivity contribution in [3.63, 3.8) is 0 Å². The quantitative estimate of drug-likeness (QED) is 0.483. The average molecular weight is 439 g/mol. The minimum Gasteiger partial charge on any atom is -0.444 e. The lowest BCUT2D eigenvalue weighted by molar-refractivity contribution is -0.127. The first kappa shape index (κ1) is 25.2. The van der Waals surface area contributed by atoms with E-state index in [9.17, 15) is 9.59 Å². The minimum atomic E-state index is -0.509. The molecule has 9 nitrogen and oxygen atoms in total. The fourth-order valence-corrected chi connectivity index (χ4v) is 3.98. The number of guanidine groups is 1. The Bertz CT molecular complexity index is 631. The number of likely N-dealkylation sites (tertiary alicyclic amines) is 2. The number of amides is 2. The molecular formula is C22H42N6O3. The maximum absolute atomic E-state index is 12.5. The smallest absolute Gasteiger partial charge is 0.410 e. The van der Waals surface area contributed by atoms with Crippen molar-refractivity contribution >= 4 is 18.0 Å². The monoisotopic (exact) mass is 438 g/mol. The first-order valence-corrected chi connectivity index (χ1v) is 11.6. The predicted molar refractivity (Wildman–Crippen MR) is 123 cm³/mol. The van der Waals surface area contributed by atoms with E-state index in [2.05, 4.69) is 27.4 Å². The third-order valence-corrected chi connectivity index (χ3v) is 5.70. The van der Waals surface area contributed by atoms with Crippen LogP contribution in [0.2, 0.25) is 0 Å². The average Bonchev–Trinajstić information content (AvgIpc) is 3.16. The summed E-state index contributed by atoms with van der Waals surface area (Å²) in [6.45, 7) is 12.1. The van der Waals surface area contributed by atoms with E-state index in [4.69, 9.17) is 4.74 Å². The van der Waals surface area contributed by atoms with Crippen LogP contribution in [0.4, 0.5) is 4.79 Å². The molecular weight excluding hydrogens is 396 g/mol. The van der Waals surface area contributed by atoms with Gasteiger partial charge in [0.2, 0.25) is 5.91 Å². The molecule has 0 aromatic rings. The highest BCUT2D eigenvalue weighted by Crippen LogP contribution is 2.17. The lowest BCUT2D eigenvalue weighted by atomic mass is 10.1. The summed E-state index contributed by atoms with van der Waals surface area (Å²) in [7, 11) is 3.46. The lowest BCUT2D eigenvalue weighted by Crippen LogP contribution is -2.54. The van der Waals surface area contributed by atoms with Gasteiger partial charge in [0.25, 0.3) is 0 Å². The molecule has 2 unspecified atom stereocenters. The van der Waals surface area contributed by atoms with E-state index >= 15 is 0 Å². The zero-order chi connectivity index (χ0) is 23.0. The molecule has 2 N–H and O–H groups in total. The Kier molecular flexibility index (Phi) is 9.40. The van der Waals surface area contributed by atoms with E-state index in [1.807, 2.05) is 20.8 Å². The third-order valence-electron chi connectivity index (χ3n) is 5.70. The number of nitrogens with zero attached hydrogens (tertiary/aromatic N) is 4. The summed E-state index contributed by atoms with van der Waals surface area (Å²) < 4.78 is 5.53. The van der Waals surface area contributed by atoms with Crippen LogP contribution in [0.25, 0.3) is 0 Å². The zero-order valence-electron chi connectivity index (χ0n) is 20.2. The van der Waals surface area contributed by atoms with Crippen molar-refractivity contribution in [2.45, 2.75) is 71.1 Å². The summed E-state index contributed by atoms with van der Waals surface area (Å²) in [6.07, 6.45) is 3.93. The maximum Gasteiger partial charge on any atom is 0.410 e. The van der Waals surface area contributed by atoms with Crippen molar-refractivity contribution < 1.29 is 14.3 Å². The van der Waals surface area contributed by atoms with Gasteiger partial charge in [-0.25, -0.2) is 9.79 Å². The van der Waals surface area contributed by atoms with E-state index in [1.54, 1.807) is 23.9 Å². The van der Waals surface area contributed by atoms with Gasteiger partial charge in [-0.1, -0.05) is 6.92 Å². The first-order valence-electron chi connectivity index (χ1n) is 11.6. The van der Waals surface area contributed by atoms with Crippen LogP contribution in [0, 0.1) is 0 Å². The van der Waals surface area contributed by atoms with E-state index in [-0.39, 0.29) is 24.6 Å². The normalized spacial score (nSPS) is 22.9. The molecule has 2 saturated heterocycles. The molecule has 0 spiro atoms. The van der Waals surface area contributed by atoms with Gasteiger partial charge < -0.3 is 25.2 Å². The number of rotatable bonds is 6. The molecule has 0 aromatic heterocycles. The van der Waals surface area contributed by atoms with Crippen molar-refractivity contribution in [3.8, 4) is 0 Å². The number of hydrogen-bond acceptors (Lipinski definition) is 5. The second-order valence-corrected chi connectivity index (χ2v) is 9.67. The van der Waals surface area contributed by atoms with Gasteiger partial charge in [0, 0.05) is 45.8 Å². The van der Waals surface area contributed by atoms with Gasteiger partial charge in [-0.05, 0) is 59.5 Å². The first-order chi connectivity index (χ1) is 14.6. The summed E-state index contributed by atoms with van der Waals surface area (Å²) in [5.41, 5.74) is -0.509. The van der Waals surface area contributed by atoms with Gasteiger partial charge in [-0.15, -0.1) is 0 Å². The topological polar surface area (TPSA) is 89.5 Å². The number of aliphatic imine (C=N–C) groups is 1. The molecule has 0 aromatic carbocycles. The lowest BCUT2D eigenvalue weighted by Gasteiger charge is -2.35. The van der Waals surface area contributed by atoms with Gasteiger partial charge in [0.05, 0.1) is 0 Å². The van der Waals surface area contributed by atoms with Crippen LogP contribution in [0.3, 0.4) is 0 Å². The summed E-state index contributed by atoms with van der Waals surface area (Å²) in [6, 6.07) is 0.541. The number of likely N-dealkylation sites (N-methyl/N-ethyl adjacent to an activating group) is 2. The standard InChI is InChI=1S/C22H42N6O3/c1-7-27-12-9-11-18(27)14-23-20(24-15-19(29)26(5)6)25-17-10-8-13-28(16-17)21(30)31-22(2,3)4/h17-18H,7-16H2,1-6H3,(H2,23,24,25). The second kappa shape index (κ2) is 11.5. The molecule has 0 saturated carbocycles. The number of nitrogens with one attached hydrogen (secondary N) is 2. The van der Waals surface area contributed by atoms with E-state index in [1.165, 1.54) is 12.8 Å². The Balaban J connectivity index is 1.99. The van der Waals surface area contributed by atoms with Crippen LogP contribution >= 0.6 is 0 Å². The summed E-state index contributed by atoms with van der Waals surface area (Å²) >= 11 is 0. The van der Waals surface area contributed by atoms with Crippen molar-refractivity contribution in [1.82, 2.24) is 25.3 Å². The SMILES string of the molecule is CCN1CCCC1CNC(=NCC(=O)N(C)C)NC1CCCN(C(=O)OC(C)(C)C)C1. The van der Waals surface area contributed by atoms with Crippen LogP contribution in [0.1, 0.15) is 53.4 Å². The minimum absolute atomic E-state index is 0.0452. The molecule has 9 heteroatoms. The van der Waals surface area contributed by atoms with Gasteiger partial charge in [-0.3, -0.25) is 9.69 Å². The molecule has 0 bridgehead atoms. The molecule has 2 amide bonds. The summed E-state index contributed by atoms with van der Waals surface area (Å²) in [4.78, 5) is 34.8. The Morgan fingerprint density at radius 2 is 1.87 bits per heavy atom. The Morgan fingerprint density at radius 1 is 1.16 bits per heavy atom. The molecule has 2 rings (SSSR count). The van der Waals surface area contributed by atoms with E-state index in [0.717, 1.165) is 32.5 Å². The van der Waals surface area contributed by atoms with E-state index in [0.29, 0.717) is 25.1 Å². The molecule has 2 aliphatic heterocycles. The van der Waals surface area contributed by atoms with Crippen molar-refractivity contribution in [3.05, 3.63) is 0 Å². The predicted octanol–water partition coefficient (Wildman–Crippen LogP) is 1.49. The van der Waals surface area contributed by atoms with Gasteiger partial charge in [0.1, 0.15) is 12.1 Å². The maximum atomic E-state index is 12.5. The number of carbonyl (C=O) groups excluding carboxylic acids is 2. The molecule has 2 atom stereocenters. The van der Waals surface area contributed by atoms with E-state index < -0.39 is 5.60 Å². The number of ether oxygens (including phenoxy) is 1. The van der Waals surface area contributed by atoms with Crippen LogP contribution < -0.4 is 10.6 Å². The molecule has 2 aliphatic rings. The van der Waals surface area contributed by atoms with Crippen LogP contribution in [-0.2, 0) is 9.53 Å². The Morgan fingerprint density at radius 3 is 2.52 bits per heavy atom. The highest BCUT2D eigenvalue weighted by Gasteiger charge is 2.29. The van der Waals surface area contributed by atoms with Crippen molar-refractivity contribution in [2.75, 3.05) is 53.4 Å². The van der Waals surface area contributed by atoms with Crippen molar-refractivity contribution in [2.24, 2.45) is 4.99 Å². The largest absolute Gasteiger partial charge is 0.444 e. The highest BCUT2D eigenvalue weighted by atomic mass is 16.6. The summed E-state index contributed by atoms with van der Waals surface area (Å²) in [5, 5.41) is 6.90. The third kappa shape index (κ3) is 8.55. The fraction of sp³-hybridized carbons (Fsp3) is 0.864. The molecule has 0 radical (unpaired) electrons. The number of hydrogen-bond donors (Lipinski definition) is 2. The van der Waals surface area contributed by atoms with Crippen LogP contribution in [0.5, 0.6) is 0 Å². The molecule has 0 aliphatic carbocycles. The van der Waals surface area contributed by atoms with Gasteiger partial charge in [-0.2, -0.15) is 0 Å². The second-order valence-electron chi connectivity index (χ2n) is 9.67. The molecule has 2 fully saturated rings. The van der Waals surface area contributed by atoms with Crippen molar-refractivity contribution in [1.29, 1.82) is 0 Å². The zero-order valence-corrected chi connectivity index (χ0v) is 20.2. The number of carbonyl (C=O) groups is 2. The summed E-state index contributed by atoms with van der Waals surface area (Å²) in [5.74, 6) is 0.588. The molecule has 178 valence electrons. The van der Waals surface area contributed by atoms with Crippen LogP contribution in [0.15, 0.2) is 4.99 Å². The molecule has 2 heterocycles. The Hall–Kier alpha value is -2.03. The Labute approximate surface area is 187 Å². The fourth-order valence-electron chi connectivity index (χ4n) is 3.98.